The molecule has 0 aromatic heterocycles. The molecule has 1 saturated heterocycles. The summed E-state index contributed by atoms with van der Waals surface area (Å²) < 4.78 is 10.6. The molecule has 2 rings (SSSR count). The molecular weight excluding hydrogens is 228 g/mol. The van der Waals surface area contributed by atoms with Crippen LogP contribution in [-0.4, -0.2) is 45.3 Å². The fourth-order valence-electron chi connectivity index (χ4n) is 2.57. The first kappa shape index (κ1) is 13.2. The highest BCUT2D eigenvalue weighted by atomic mass is 16.5. The summed E-state index contributed by atoms with van der Waals surface area (Å²) in [6.07, 6.45) is 1.04. The number of likely N-dealkylation sites (N-methyl/N-ethyl adjacent to an activating group) is 1. The number of benzene rings is 1. The van der Waals surface area contributed by atoms with Crippen molar-refractivity contribution in [1.29, 1.82) is 0 Å². The molecule has 4 nitrogen and oxygen atoms in total. The van der Waals surface area contributed by atoms with Gasteiger partial charge in [-0.3, -0.25) is 0 Å². The average molecular weight is 250 g/mol. The summed E-state index contributed by atoms with van der Waals surface area (Å²) >= 11 is 0. The van der Waals surface area contributed by atoms with E-state index in [-0.39, 0.29) is 6.04 Å². The highest BCUT2D eigenvalue weighted by Gasteiger charge is 2.26. The molecule has 0 bridgehead atoms. The standard InChI is InChI=1S/C14H22N2O2/c1-16-7-6-12(15)11(9-16)10-4-5-13(17-2)14(8-10)18-3/h4-5,8,11-12H,6-7,9,15H2,1-3H3/t11-,12-/m0/s1. The van der Waals surface area contributed by atoms with Crippen LogP contribution >= 0.6 is 0 Å². The minimum atomic E-state index is 0.222. The fourth-order valence-corrected chi connectivity index (χ4v) is 2.57. The van der Waals surface area contributed by atoms with Crippen LogP contribution in [-0.2, 0) is 0 Å². The largest absolute Gasteiger partial charge is 0.493 e. The Morgan fingerprint density at radius 2 is 1.94 bits per heavy atom. The number of hydrogen-bond donors (Lipinski definition) is 1. The van der Waals surface area contributed by atoms with Crippen LogP contribution in [0.1, 0.15) is 17.9 Å². The van der Waals surface area contributed by atoms with Gasteiger partial charge in [-0.1, -0.05) is 6.07 Å². The van der Waals surface area contributed by atoms with E-state index in [1.807, 2.05) is 12.1 Å². The van der Waals surface area contributed by atoms with Gasteiger partial charge in [-0.25, -0.2) is 0 Å². The number of rotatable bonds is 3. The summed E-state index contributed by atoms with van der Waals surface area (Å²) in [6, 6.07) is 6.31. The number of ether oxygens (including phenoxy) is 2. The predicted octanol–water partition coefficient (Wildman–Crippen LogP) is 1.45. The first-order valence-corrected chi connectivity index (χ1v) is 6.31. The van der Waals surface area contributed by atoms with Gasteiger partial charge in [0.25, 0.3) is 0 Å². The van der Waals surface area contributed by atoms with Crippen LogP contribution in [0.25, 0.3) is 0 Å². The Morgan fingerprint density at radius 3 is 2.61 bits per heavy atom. The second-order valence-corrected chi connectivity index (χ2v) is 4.94. The minimum Gasteiger partial charge on any atom is -0.493 e. The highest BCUT2D eigenvalue weighted by Crippen LogP contribution is 2.33. The van der Waals surface area contributed by atoms with E-state index in [4.69, 9.17) is 15.2 Å². The number of nitrogens with two attached hydrogens (primary N) is 1. The molecule has 0 spiro atoms. The van der Waals surface area contributed by atoms with E-state index in [1.165, 1.54) is 5.56 Å². The van der Waals surface area contributed by atoms with Crippen molar-refractivity contribution < 1.29 is 9.47 Å². The van der Waals surface area contributed by atoms with Gasteiger partial charge in [0.1, 0.15) is 0 Å². The van der Waals surface area contributed by atoms with E-state index in [9.17, 15) is 0 Å². The van der Waals surface area contributed by atoms with Crippen molar-refractivity contribution in [3.05, 3.63) is 23.8 Å². The molecule has 1 fully saturated rings. The van der Waals surface area contributed by atoms with Crippen LogP contribution in [0.5, 0.6) is 11.5 Å². The van der Waals surface area contributed by atoms with E-state index in [0.29, 0.717) is 5.92 Å². The Morgan fingerprint density at radius 1 is 1.22 bits per heavy atom. The number of nitrogens with zero attached hydrogens (tertiary/aromatic N) is 1. The van der Waals surface area contributed by atoms with E-state index < -0.39 is 0 Å². The molecule has 1 aliphatic heterocycles. The third kappa shape index (κ3) is 2.60. The monoisotopic (exact) mass is 250 g/mol. The van der Waals surface area contributed by atoms with Crippen LogP contribution in [0, 0.1) is 0 Å². The van der Waals surface area contributed by atoms with Gasteiger partial charge in [-0.2, -0.15) is 0 Å². The third-order valence-corrected chi connectivity index (χ3v) is 3.71. The molecule has 0 amide bonds. The zero-order valence-electron chi connectivity index (χ0n) is 11.3. The molecule has 0 radical (unpaired) electrons. The smallest absolute Gasteiger partial charge is 0.160 e. The molecular formula is C14H22N2O2. The first-order chi connectivity index (χ1) is 8.65. The van der Waals surface area contributed by atoms with Crippen molar-refractivity contribution in [2.24, 2.45) is 5.73 Å². The van der Waals surface area contributed by atoms with Crippen molar-refractivity contribution >= 4 is 0 Å². The van der Waals surface area contributed by atoms with Crippen molar-refractivity contribution in [3.63, 3.8) is 0 Å². The van der Waals surface area contributed by atoms with Crippen molar-refractivity contribution in [3.8, 4) is 11.5 Å². The Kier molecular flexibility index (Phi) is 4.09. The number of likely N-dealkylation sites (tertiary alicyclic amines) is 1. The molecule has 0 aliphatic carbocycles. The summed E-state index contributed by atoms with van der Waals surface area (Å²) in [5.74, 6) is 1.90. The fraction of sp³-hybridized carbons (Fsp3) is 0.571. The van der Waals surface area contributed by atoms with Crippen molar-refractivity contribution in [1.82, 2.24) is 4.90 Å². The molecule has 4 heteroatoms. The zero-order valence-corrected chi connectivity index (χ0v) is 11.3. The van der Waals surface area contributed by atoms with Gasteiger partial charge in [0.05, 0.1) is 14.2 Å². The lowest BCUT2D eigenvalue weighted by molar-refractivity contribution is 0.228. The maximum Gasteiger partial charge on any atom is 0.160 e. The van der Waals surface area contributed by atoms with Crippen LogP contribution in [0.15, 0.2) is 18.2 Å². The van der Waals surface area contributed by atoms with Gasteiger partial charge in [-0.15, -0.1) is 0 Å². The molecule has 1 aliphatic rings. The average Bonchev–Trinajstić information content (AvgIpc) is 2.40. The van der Waals surface area contributed by atoms with E-state index in [2.05, 4.69) is 18.0 Å². The Bertz CT molecular complexity index is 409. The molecule has 100 valence electrons. The second kappa shape index (κ2) is 5.59. The summed E-state index contributed by atoms with van der Waals surface area (Å²) in [7, 11) is 5.45. The lowest BCUT2D eigenvalue weighted by Crippen LogP contribution is -2.43. The van der Waals surface area contributed by atoms with Crippen LogP contribution in [0.2, 0.25) is 0 Å². The minimum absolute atomic E-state index is 0.222. The number of methoxy groups -OCH3 is 2. The van der Waals surface area contributed by atoms with Gasteiger partial charge in [-0.05, 0) is 37.7 Å². The van der Waals surface area contributed by atoms with Crippen LogP contribution in [0.3, 0.4) is 0 Å². The maximum absolute atomic E-state index is 6.24. The number of piperidine rings is 1. The predicted molar refractivity (Wildman–Crippen MR) is 72.4 cm³/mol. The third-order valence-electron chi connectivity index (χ3n) is 3.71. The molecule has 1 aromatic rings. The van der Waals surface area contributed by atoms with Gasteiger partial charge in [0.15, 0.2) is 11.5 Å². The van der Waals surface area contributed by atoms with Crippen molar-refractivity contribution in [2.45, 2.75) is 18.4 Å². The van der Waals surface area contributed by atoms with Gasteiger partial charge in [0, 0.05) is 18.5 Å². The van der Waals surface area contributed by atoms with E-state index >= 15 is 0 Å². The first-order valence-electron chi connectivity index (χ1n) is 6.31. The number of hydrogen-bond acceptors (Lipinski definition) is 4. The van der Waals surface area contributed by atoms with Crippen LogP contribution in [0.4, 0.5) is 0 Å². The molecule has 0 saturated carbocycles. The zero-order chi connectivity index (χ0) is 13.1. The van der Waals surface area contributed by atoms with Gasteiger partial charge >= 0.3 is 0 Å². The SMILES string of the molecule is COc1ccc([C@@H]2CN(C)CC[C@@H]2N)cc1OC. The normalized spacial score (nSPS) is 24.9. The molecule has 18 heavy (non-hydrogen) atoms. The Hall–Kier alpha value is -1.26. The Labute approximate surface area is 109 Å². The lowest BCUT2D eigenvalue weighted by atomic mass is 9.86. The summed E-state index contributed by atoms with van der Waals surface area (Å²) in [5.41, 5.74) is 7.47. The summed E-state index contributed by atoms with van der Waals surface area (Å²) in [4.78, 5) is 2.32. The molecule has 1 aromatic carbocycles. The summed E-state index contributed by atoms with van der Waals surface area (Å²) in [6.45, 7) is 2.07. The van der Waals surface area contributed by atoms with Crippen molar-refractivity contribution in [2.75, 3.05) is 34.4 Å². The molecule has 0 unspecified atom stereocenters. The molecule has 2 N–H and O–H groups in total. The quantitative estimate of drug-likeness (QED) is 0.882. The van der Waals surface area contributed by atoms with Gasteiger partial charge < -0.3 is 20.1 Å². The van der Waals surface area contributed by atoms with Gasteiger partial charge in [0.2, 0.25) is 0 Å². The highest BCUT2D eigenvalue weighted by molar-refractivity contribution is 5.44. The molecule has 2 atom stereocenters. The Balaban J connectivity index is 2.26. The lowest BCUT2D eigenvalue weighted by Gasteiger charge is -2.35. The van der Waals surface area contributed by atoms with Crippen LogP contribution < -0.4 is 15.2 Å². The molecule has 1 heterocycles. The summed E-state index contributed by atoms with van der Waals surface area (Å²) in [5, 5.41) is 0. The second-order valence-electron chi connectivity index (χ2n) is 4.94. The van der Waals surface area contributed by atoms with E-state index in [1.54, 1.807) is 14.2 Å². The maximum atomic E-state index is 6.24. The van der Waals surface area contributed by atoms with E-state index in [0.717, 1.165) is 31.0 Å². The topological polar surface area (TPSA) is 47.7 Å².